The highest BCUT2D eigenvalue weighted by molar-refractivity contribution is 5.87. The van der Waals surface area contributed by atoms with Crippen molar-refractivity contribution in [3.05, 3.63) is 11.8 Å². The Balaban J connectivity index is 3.53. The van der Waals surface area contributed by atoms with Gasteiger partial charge >= 0.3 is 5.97 Å². The van der Waals surface area contributed by atoms with Gasteiger partial charge in [0.05, 0.1) is 18.4 Å². The molecule has 0 amide bonds. The maximum absolute atomic E-state index is 11.2. The Morgan fingerprint density at radius 1 is 1.29 bits per heavy atom. The Bertz CT molecular complexity index is 185. The predicted molar refractivity (Wildman–Crippen MR) is 56.1 cm³/mol. The first-order valence-corrected chi connectivity index (χ1v) is 5.26. The lowest BCUT2D eigenvalue weighted by atomic mass is 10.2. The number of carbonyl (C=O) groups is 1. The molecule has 0 rings (SSSR count). The lowest BCUT2D eigenvalue weighted by molar-refractivity contribution is -0.139. The molecule has 0 spiro atoms. The molecule has 0 radical (unpaired) electrons. The molecular weight excluding hydrogens is 180 g/mol. The summed E-state index contributed by atoms with van der Waals surface area (Å²) in [5.74, 6) is -0.397. The second-order valence-corrected chi connectivity index (χ2v) is 3.20. The van der Waals surface area contributed by atoms with Crippen LogP contribution >= 0.6 is 0 Å². The minimum absolute atomic E-state index is 0.334. The van der Waals surface area contributed by atoms with E-state index in [1.165, 1.54) is 12.8 Å². The van der Waals surface area contributed by atoms with E-state index in [1.54, 1.807) is 6.92 Å². The van der Waals surface area contributed by atoms with Crippen LogP contribution in [0.15, 0.2) is 11.8 Å². The van der Waals surface area contributed by atoms with Crippen LogP contribution in [0.3, 0.4) is 0 Å². The summed E-state index contributed by atoms with van der Waals surface area (Å²) in [5, 5.41) is 8.67. The molecule has 0 aliphatic heterocycles. The quantitative estimate of drug-likeness (QED) is 0.297. The Morgan fingerprint density at radius 3 is 2.50 bits per heavy atom. The first kappa shape index (κ1) is 13.0. The number of unbranched alkanes of at least 4 members (excludes halogenated alkanes) is 3. The lowest BCUT2D eigenvalue weighted by Gasteiger charge is -2.04. The minimum atomic E-state index is -0.397. The minimum Gasteiger partial charge on any atom is -0.515 e. The standard InChI is InChI=1S/C11H20O3/c1-3-5-6-7-8-14-11(13)10(4-2)9-12/h9,12H,3-8H2,1-2H3. The molecule has 0 unspecified atom stereocenters. The molecular formula is C11H20O3. The Labute approximate surface area is 85.8 Å². The number of aliphatic hydroxyl groups is 1. The van der Waals surface area contributed by atoms with Gasteiger partial charge in [0.15, 0.2) is 0 Å². The Kier molecular flexibility index (Phi) is 7.99. The molecule has 0 bridgehead atoms. The lowest BCUT2D eigenvalue weighted by Crippen LogP contribution is -2.08. The molecule has 0 atom stereocenters. The van der Waals surface area contributed by atoms with Crippen LogP contribution in [0.4, 0.5) is 0 Å². The molecule has 1 N–H and O–H groups in total. The fourth-order valence-electron chi connectivity index (χ4n) is 1.07. The van der Waals surface area contributed by atoms with Gasteiger partial charge in [-0.15, -0.1) is 0 Å². The normalized spacial score (nSPS) is 11.4. The average Bonchev–Trinajstić information content (AvgIpc) is 2.19. The average molecular weight is 200 g/mol. The topological polar surface area (TPSA) is 46.5 Å². The molecule has 3 heteroatoms. The number of aliphatic hydroxyl groups excluding tert-OH is 1. The zero-order valence-electron chi connectivity index (χ0n) is 9.08. The monoisotopic (exact) mass is 200 g/mol. The van der Waals surface area contributed by atoms with Crippen molar-refractivity contribution in [2.75, 3.05) is 6.61 Å². The van der Waals surface area contributed by atoms with Crippen LogP contribution < -0.4 is 0 Å². The summed E-state index contributed by atoms with van der Waals surface area (Å²) in [4.78, 5) is 11.2. The molecule has 14 heavy (non-hydrogen) atoms. The number of hydrogen-bond acceptors (Lipinski definition) is 3. The van der Waals surface area contributed by atoms with Crippen LogP contribution in [0.2, 0.25) is 0 Å². The zero-order chi connectivity index (χ0) is 10.8. The van der Waals surface area contributed by atoms with Gasteiger partial charge in [-0.1, -0.05) is 33.1 Å². The molecule has 82 valence electrons. The van der Waals surface area contributed by atoms with Crippen molar-refractivity contribution in [2.24, 2.45) is 0 Å². The van der Waals surface area contributed by atoms with E-state index < -0.39 is 5.97 Å². The second kappa shape index (κ2) is 8.60. The number of carbonyl (C=O) groups excluding carboxylic acids is 1. The Morgan fingerprint density at radius 2 is 2.00 bits per heavy atom. The third-order valence-corrected chi connectivity index (χ3v) is 2.03. The fourth-order valence-corrected chi connectivity index (χ4v) is 1.07. The van der Waals surface area contributed by atoms with Crippen LogP contribution in [0, 0.1) is 0 Å². The summed E-state index contributed by atoms with van der Waals surface area (Å²) in [6.07, 6.45) is 5.67. The third-order valence-electron chi connectivity index (χ3n) is 2.03. The molecule has 0 aromatic rings. The fraction of sp³-hybridized carbons (Fsp3) is 0.727. The van der Waals surface area contributed by atoms with Gasteiger partial charge in [-0.05, 0) is 12.8 Å². The highest BCUT2D eigenvalue weighted by Gasteiger charge is 2.07. The van der Waals surface area contributed by atoms with E-state index in [4.69, 9.17) is 9.84 Å². The number of hydrogen-bond donors (Lipinski definition) is 1. The summed E-state index contributed by atoms with van der Waals surface area (Å²) >= 11 is 0. The molecule has 3 nitrogen and oxygen atoms in total. The maximum atomic E-state index is 11.2. The SMILES string of the molecule is CCCCCCOC(=O)C(=CO)CC. The van der Waals surface area contributed by atoms with Crippen molar-refractivity contribution in [1.82, 2.24) is 0 Å². The van der Waals surface area contributed by atoms with E-state index in [0.717, 1.165) is 19.1 Å². The Hall–Kier alpha value is -0.990. The van der Waals surface area contributed by atoms with Crippen LogP contribution in [0.5, 0.6) is 0 Å². The first-order valence-electron chi connectivity index (χ1n) is 5.26. The largest absolute Gasteiger partial charge is 0.515 e. The highest BCUT2D eigenvalue weighted by atomic mass is 16.5. The summed E-state index contributed by atoms with van der Waals surface area (Å²) in [5.41, 5.74) is 0.334. The van der Waals surface area contributed by atoms with Gasteiger partial charge in [-0.25, -0.2) is 4.79 Å². The van der Waals surface area contributed by atoms with Gasteiger partial charge in [-0.3, -0.25) is 0 Å². The third kappa shape index (κ3) is 5.62. The van der Waals surface area contributed by atoms with Gasteiger partial charge in [0.1, 0.15) is 0 Å². The van der Waals surface area contributed by atoms with E-state index in [2.05, 4.69) is 6.92 Å². The van der Waals surface area contributed by atoms with E-state index in [-0.39, 0.29) is 0 Å². The zero-order valence-corrected chi connectivity index (χ0v) is 9.08. The molecule has 0 aromatic heterocycles. The van der Waals surface area contributed by atoms with Crippen molar-refractivity contribution in [3.63, 3.8) is 0 Å². The molecule has 0 aliphatic rings. The van der Waals surface area contributed by atoms with E-state index in [9.17, 15) is 4.79 Å². The van der Waals surface area contributed by atoms with Crippen molar-refractivity contribution >= 4 is 5.97 Å². The van der Waals surface area contributed by atoms with E-state index in [0.29, 0.717) is 18.6 Å². The van der Waals surface area contributed by atoms with Crippen LogP contribution in [0.25, 0.3) is 0 Å². The molecule has 0 aliphatic carbocycles. The second-order valence-electron chi connectivity index (χ2n) is 3.20. The van der Waals surface area contributed by atoms with Crippen LogP contribution in [-0.2, 0) is 9.53 Å². The molecule has 0 fully saturated rings. The van der Waals surface area contributed by atoms with Crippen LogP contribution in [0.1, 0.15) is 46.0 Å². The van der Waals surface area contributed by atoms with Gasteiger partial charge in [0.2, 0.25) is 0 Å². The molecule has 0 saturated carbocycles. The molecule has 0 heterocycles. The van der Waals surface area contributed by atoms with Crippen molar-refractivity contribution < 1.29 is 14.6 Å². The van der Waals surface area contributed by atoms with Gasteiger partial charge in [0, 0.05) is 0 Å². The number of esters is 1. The molecule has 0 saturated heterocycles. The highest BCUT2D eigenvalue weighted by Crippen LogP contribution is 2.04. The van der Waals surface area contributed by atoms with E-state index >= 15 is 0 Å². The number of ether oxygens (including phenoxy) is 1. The van der Waals surface area contributed by atoms with Gasteiger partial charge in [0.25, 0.3) is 0 Å². The van der Waals surface area contributed by atoms with Crippen molar-refractivity contribution in [1.29, 1.82) is 0 Å². The summed E-state index contributed by atoms with van der Waals surface area (Å²) in [7, 11) is 0. The van der Waals surface area contributed by atoms with Crippen molar-refractivity contribution in [3.8, 4) is 0 Å². The summed E-state index contributed by atoms with van der Waals surface area (Å²) < 4.78 is 4.97. The van der Waals surface area contributed by atoms with Crippen LogP contribution in [-0.4, -0.2) is 17.7 Å². The van der Waals surface area contributed by atoms with Gasteiger partial charge < -0.3 is 9.84 Å². The maximum Gasteiger partial charge on any atom is 0.337 e. The number of rotatable bonds is 7. The summed E-state index contributed by atoms with van der Waals surface area (Å²) in [6, 6.07) is 0. The predicted octanol–water partition coefficient (Wildman–Crippen LogP) is 2.96. The smallest absolute Gasteiger partial charge is 0.337 e. The first-order chi connectivity index (χ1) is 6.76. The van der Waals surface area contributed by atoms with Gasteiger partial charge in [-0.2, -0.15) is 0 Å². The van der Waals surface area contributed by atoms with E-state index in [1.807, 2.05) is 0 Å². The molecule has 0 aromatic carbocycles. The van der Waals surface area contributed by atoms with Crippen molar-refractivity contribution in [2.45, 2.75) is 46.0 Å². The summed E-state index contributed by atoms with van der Waals surface area (Å²) in [6.45, 7) is 4.40.